The molecular weight excluding hydrogens is 512 g/mol. The number of amides is 3. The van der Waals surface area contributed by atoms with Gasteiger partial charge in [0.15, 0.2) is 0 Å². The van der Waals surface area contributed by atoms with Gasteiger partial charge in [0, 0.05) is 67.6 Å². The molecule has 3 amide bonds. The molecule has 0 saturated carbocycles. The minimum Gasteiger partial charge on any atom is -0.368 e. The summed E-state index contributed by atoms with van der Waals surface area (Å²) in [6, 6.07) is 25.6. The van der Waals surface area contributed by atoms with E-state index < -0.39 is 6.04 Å². The Hall–Kier alpha value is -4.30. The molecule has 3 aromatic carbocycles. The summed E-state index contributed by atoms with van der Waals surface area (Å²) in [5.41, 5.74) is 5.32. The van der Waals surface area contributed by atoms with Crippen LogP contribution in [0.2, 0.25) is 0 Å². The summed E-state index contributed by atoms with van der Waals surface area (Å²) in [6.07, 6.45) is 3.30. The normalized spacial score (nSPS) is 17.8. The second-order valence-electron chi connectivity index (χ2n) is 11.1. The zero-order chi connectivity index (χ0) is 28.2. The van der Waals surface area contributed by atoms with Crippen molar-refractivity contribution in [2.45, 2.75) is 18.9 Å². The summed E-state index contributed by atoms with van der Waals surface area (Å²) in [5.74, 6) is 0.231. The van der Waals surface area contributed by atoms with E-state index in [0.717, 1.165) is 48.2 Å². The summed E-state index contributed by atoms with van der Waals surface area (Å²) < 4.78 is 0. The molecule has 2 atom stereocenters. The van der Waals surface area contributed by atoms with Crippen LogP contribution in [0.15, 0.2) is 85.1 Å². The average Bonchev–Trinajstić information content (AvgIpc) is 3.43. The number of urea groups is 1. The van der Waals surface area contributed by atoms with E-state index in [1.807, 2.05) is 77.6 Å². The minimum absolute atomic E-state index is 0.0696. The number of aromatic nitrogens is 1. The highest BCUT2D eigenvalue weighted by atomic mass is 16.2. The molecule has 1 aromatic heterocycles. The molecule has 0 aliphatic carbocycles. The van der Waals surface area contributed by atoms with Crippen molar-refractivity contribution in [3.8, 4) is 0 Å². The van der Waals surface area contributed by atoms with Crippen LogP contribution < -0.4 is 20.4 Å². The third kappa shape index (κ3) is 5.79. The third-order valence-corrected chi connectivity index (χ3v) is 8.37. The summed E-state index contributed by atoms with van der Waals surface area (Å²) in [5, 5.41) is 7.52. The second kappa shape index (κ2) is 12.1. The lowest BCUT2D eigenvalue weighted by molar-refractivity contribution is -0.120. The highest BCUT2D eigenvalue weighted by Crippen LogP contribution is 2.31. The Labute approximate surface area is 241 Å². The predicted octanol–water partition coefficient (Wildman–Crippen LogP) is 4.04. The summed E-state index contributed by atoms with van der Waals surface area (Å²) in [7, 11) is 1.95. The maximum absolute atomic E-state index is 14.4. The van der Waals surface area contributed by atoms with Crippen LogP contribution in [0.25, 0.3) is 10.9 Å². The van der Waals surface area contributed by atoms with Gasteiger partial charge in [-0.1, -0.05) is 54.6 Å². The molecule has 0 bridgehead atoms. The predicted molar refractivity (Wildman–Crippen MR) is 164 cm³/mol. The molecule has 2 aliphatic rings. The lowest BCUT2D eigenvalue weighted by atomic mass is 9.91. The van der Waals surface area contributed by atoms with Crippen molar-refractivity contribution < 1.29 is 9.59 Å². The van der Waals surface area contributed by atoms with Crippen LogP contribution in [-0.4, -0.2) is 74.2 Å². The standard InChI is InChI=1S/C33H38N6O2/c1-34-21-24-19-25-9-5-8-14-31(25)39(23-24)32(40)30(20-26-22-35-29-13-7-6-12-28(26)29)36-33(41)38-17-15-37(16-18-38)27-10-3-2-4-11-27/h2-14,22,24,30,34-35H,15-21,23H2,1H3,(H,36,41). The Bertz CT molecular complexity index is 1490. The van der Waals surface area contributed by atoms with Gasteiger partial charge in [-0.05, 0) is 61.3 Å². The fourth-order valence-electron chi connectivity index (χ4n) is 6.27. The molecule has 41 heavy (non-hydrogen) atoms. The van der Waals surface area contributed by atoms with Crippen molar-refractivity contribution in [3.05, 3.63) is 96.2 Å². The van der Waals surface area contributed by atoms with E-state index >= 15 is 0 Å². The number of benzene rings is 3. The first kappa shape index (κ1) is 26.9. The van der Waals surface area contributed by atoms with Gasteiger partial charge in [-0.15, -0.1) is 0 Å². The number of anilines is 2. The Morgan fingerprint density at radius 2 is 1.66 bits per heavy atom. The molecule has 8 heteroatoms. The van der Waals surface area contributed by atoms with Crippen LogP contribution in [0.5, 0.6) is 0 Å². The molecule has 1 fully saturated rings. The number of para-hydroxylation sites is 3. The molecule has 0 radical (unpaired) electrons. The number of H-pyrrole nitrogens is 1. The van der Waals surface area contributed by atoms with Crippen LogP contribution >= 0.6 is 0 Å². The van der Waals surface area contributed by atoms with Crippen molar-refractivity contribution in [3.63, 3.8) is 0 Å². The molecular formula is C33H38N6O2. The van der Waals surface area contributed by atoms with Crippen molar-refractivity contribution in [1.82, 2.24) is 20.5 Å². The summed E-state index contributed by atoms with van der Waals surface area (Å²) in [4.78, 5) is 37.4. The zero-order valence-corrected chi connectivity index (χ0v) is 23.6. The Kier molecular flexibility index (Phi) is 7.91. The van der Waals surface area contributed by atoms with Gasteiger partial charge in [0.25, 0.3) is 0 Å². The van der Waals surface area contributed by atoms with Crippen LogP contribution in [0.3, 0.4) is 0 Å². The number of nitrogens with zero attached hydrogens (tertiary/aromatic N) is 3. The van der Waals surface area contributed by atoms with Crippen LogP contribution in [-0.2, 0) is 17.6 Å². The Morgan fingerprint density at radius 3 is 2.46 bits per heavy atom. The van der Waals surface area contributed by atoms with Crippen molar-refractivity contribution in [2.24, 2.45) is 5.92 Å². The van der Waals surface area contributed by atoms with Gasteiger partial charge in [0.1, 0.15) is 6.04 Å². The van der Waals surface area contributed by atoms with Gasteiger partial charge in [-0.3, -0.25) is 4.79 Å². The number of aromatic amines is 1. The molecule has 0 spiro atoms. The lowest BCUT2D eigenvalue weighted by Gasteiger charge is -2.38. The molecule has 2 aliphatic heterocycles. The highest BCUT2D eigenvalue weighted by molar-refractivity contribution is 6.00. The van der Waals surface area contributed by atoms with Gasteiger partial charge >= 0.3 is 6.03 Å². The number of nitrogens with one attached hydrogen (secondary N) is 3. The van der Waals surface area contributed by atoms with E-state index in [0.29, 0.717) is 32.0 Å². The maximum Gasteiger partial charge on any atom is 0.318 e. The molecule has 3 N–H and O–H groups in total. The number of hydrogen-bond acceptors (Lipinski definition) is 4. The maximum atomic E-state index is 14.4. The number of carbonyl (C=O) groups is 2. The smallest absolute Gasteiger partial charge is 0.318 e. The van der Waals surface area contributed by atoms with Crippen LogP contribution in [0.1, 0.15) is 11.1 Å². The number of fused-ring (bicyclic) bond motifs is 2. The molecule has 4 aromatic rings. The average molecular weight is 551 g/mol. The van der Waals surface area contributed by atoms with E-state index in [2.05, 4.69) is 44.8 Å². The Balaban J connectivity index is 1.24. The fraction of sp³-hybridized carbons (Fsp3) is 0.333. The molecule has 212 valence electrons. The van der Waals surface area contributed by atoms with Gasteiger partial charge in [-0.25, -0.2) is 4.79 Å². The molecule has 1 saturated heterocycles. The van der Waals surface area contributed by atoms with E-state index in [1.54, 1.807) is 0 Å². The number of rotatable bonds is 7. The van der Waals surface area contributed by atoms with Crippen molar-refractivity contribution >= 4 is 34.2 Å². The first-order valence-electron chi connectivity index (χ1n) is 14.5. The second-order valence-corrected chi connectivity index (χ2v) is 11.1. The van der Waals surface area contributed by atoms with Gasteiger partial charge in [-0.2, -0.15) is 0 Å². The molecule has 3 heterocycles. The number of hydrogen-bond donors (Lipinski definition) is 3. The molecule has 8 nitrogen and oxygen atoms in total. The van der Waals surface area contributed by atoms with Crippen molar-refractivity contribution in [2.75, 3.05) is 56.1 Å². The van der Waals surface area contributed by atoms with Gasteiger partial charge in [0.05, 0.1) is 0 Å². The van der Waals surface area contributed by atoms with E-state index in [9.17, 15) is 9.59 Å². The van der Waals surface area contributed by atoms with E-state index in [-0.39, 0.29) is 11.9 Å². The van der Waals surface area contributed by atoms with E-state index in [4.69, 9.17) is 0 Å². The van der Waals surface area contributed by atoms with Crippen LogP contribution in [0, 0.1) is 5.92 Å². The Morgan fingerprint density at radius 1 is 0.927 bits per heavy atom. The fourth-order valence-corrected chi connectivity index (χ4v) is 6.27. The topological polar surface area (TPSA) is 83.7 Å². The van der Waals surface area contributed by atoms with Crippen LogP contribution in [0.4, 0.5) is 16.2 Å². The minimum atomic E-state index is -0.699. The highest BCUT2D eigenvalue weighted by Gasteiger charge is 2.34. The SMILES string of the molecule is CNCC1Cc2ccccc2N(C(=O)C(Cc2c[nH]c3ccccc23)NC(=O)N2CCN(c3ccccc3)CC2)C1. The summed E-state index contributed by atoms with van der Waals surface area (Å²) in [6.45, 7) is 4.15. The monoisotopic (exact) mass is 550 g/mol. The molecule has 6 rings (SSSR count). The van der Waals surface area contributed by atoms with Crippen molar-refractivity contribution in [1.29, 1.82) is 0 Å². The number of carbonyl (C=O) groups excluding carboxylic acids is 2. The first-order valence-corrected chi connectivity index (χ1v) is 14.5. The zero-order valence-electron chi connectivity index (χ0n) is 23.6. The lowest BCUT2D eigenvalue weighted by Crippen LogP contribution is -2.58. The van der Waals surface area contributed by atoms with E-state index in [1.165, 1.54) is 11.3 Å². The van der Waals surface area contributed by atoms with Gasteiger partial charge < -0.3 is 30.3 Å². The van der Waals surface area contributed by atoms with Gasteiger partial charge in [0.2, 0.25) is 5.91 Å². The quantitative estimate of drug-likeness (QED) is 0.325. The molecule has 2 unspecified atom stereocenters. The number of piperazine rings is 1. The first-order chi connectivity index (χ1) is 20.1. The third-order valence-electron chi connectivity index (χ3n) is 8.37. The largest absolute Gasteiger partial charge is 0.368 e. The summed E-state index contributed by atoms with van der Waals surface area (Å²) >= 11 is 0.